The summed E-state index contributed by atoms with van der Waals surface area (Å²) < 4.78 is 38.5. The Balaban J connectivity index is 5.62. The Hall–Kier alpha value is -4.51. The fraction of sp³-hybridized carbons (Fsp3) is 0.860. The van der Waals surface area contributed by atoms with E-state index in [2.05, 4.69) is 37.2 Å². The molecule has 1 unspecified atom stereocenters. The topological polar surface area (TPSA) is 289 Å². The van der Waals surface area contributed by atoms with Crippen LogP contribution in [-0.2, 0) is 52.3 Å². The fourth-order valence-corrected chi connectivity index (χ4v) is 6.42. The first-order valence-electron chi connectivity index (χ1n) is 25.8. The largest absolute Gasteiger partial charge is 0.469 e. The van der Waals surface area contributed by atoms with Crippen LogP contribution in [0.2, 0.25) is 0 Å². The molecule has 0 aliphatic heterocycles. The Kier molecular flexibility index (Phi) is 36.6. The molecule has 0 aromatic heterocycles. The number of amides is 6. The summed E-state index contributed by atoms with van der Waals surface area (Å²) >= 11 is 0. The number of methoxy groups -OCH3 is 1. The summed E-state index contributed by atoms with van der Waals surface area (Å²) in [6.45, 7) is 17.7. The van der Waals surface area contributed by atoms with E-state index >= 15 is 0 Å². The first-order chi connectivity index (χ1) is 33.8. The monoisotopic (exact) mass is 1030 g/mol. The highest BCUT2D eigenvalue weighted by molar-refractivity contribution is 5.77. The van der Waals surface area contributed by atoms with Crippen molar-refractivity contribution in [1.82, 2.24) is 37.2 Å². The number of carbonyl (C=O) groups is 7. The zero-order valence-corrected chi connectivity index (χ0v) is 45.5. The van der Waals surface area contributed by atoms with Gasteiger partial charge >= 0.3 is 24.2 Å². The van der Waals surface area contributed by atoms with Crippen molar-refractivity contribution in [1.29, 1.82) is 0 Å². The molecule has 0 heterocycles. The number of rotatable bonds is 40. The Morgan fingerprint density at radius 2 is 0.792 bits per heavy atom. The molecule has 0 rings (SSSR count). The standard InChI is InChI=1S/C50H95N7O15/c1-47(2,3)70-44(63)54-30-19-27-51-39(58)24-33-67-36-50(57-42(61)22-17-15-13-11-12-14-16-18-23-43(62)66-10,37-68-34-25-40(59)52-28-20-31-55-45(64)71-48(4,5)6)38-69-35-26-41(60)53-29-21-32-56-46(65)72-49(7,8)9/h39,51,58H,11-38H2,1-10H3,(H,52,59)(H,53,60)(H,54,63)(H,55,64)(H,56,65)(H,57,61). The number of hydrogen-bond donors (Lipinski definition) is 8. The first-order valence-corrected chi connectivity index (χ1v) is 25.8. The van der Waals surface area contributed by atoms with Gasteiger partial charge in [-0.25, -0.2) is 14.4 Å². The molecule has 22 heteroatoms. The Morgan fingerprint density at radius 3 is 1.19 bits per heavy atom. The predicted molar refractivity (Wildman–Crippen MR) is 272 cm³/mol. The Labute approximate surface area is 429 Å². The van der Waals surface area contributed by atoms with Crippen LogP contribution in [0.4, 0.5) is 14.4 Å². The number of aliphatic hydroxyl groups is 1. The van der Waals surface area contributed by atoms with E-state index in [0.29, 0.717) is 71.4 Å². The maximum absolute atomic E-state index is 13.6. The molecule has 0 aromatic rings. The third-order valence-electron chi connectivity index (χ3n) is 9.87. The fourth-order valence-electron chi connectivity index (χ4n) is 6.42. The number of ether oxygens (including phenoxy) is 7. The lowest BCUT2D eigenvalue weighted by atomic mass is 10.0. The van der Waals surface area contributed by atoms with Crippen molar-refractivity contribution in [3.8, 4) is 0 Å². The molecule has 420 valence electrons. The molecule has 0 aromatic carbocycles. The third kappa shape index (κ3) is 44.2. The van der Waals surface area contributed by atoms with E-state index in [-0.39, 0.29) is 89.0 Å². The molecule has 0 radical (unpaired) electrons. The molecule has 0 aliphatic rings. The second-order valence-electron chi connectivity index (χ2n) is 20.7. The van der Waals surface area contributed by atoms with Crippen LogP contribution < -0.4 is 37.2 Å². The summed E-state index contributed by atoms with van der Waals surface area (Å²) in [5.74, 6) is -1.00. The number of carbonyl (C=O) groups excluding carboxylic acids is 7. The summed E-state index contributed by atoms with van der Waals surface area (Å²) in [4.78, 5) is 86.1. The van der Waals surface area contributed by atoms with E-state index in [1.54, 1.807) is 62.3 Å². The zero-order valence-electron chi connectivity index (χ0n) is 45.5. The molecule has 0 saturated heterocycles. The van der Waals surface area contributed by atoms with Crippen molar-refractivity contribution in [3.05, 3.63) is 0 Å². The van der Waals surface area contributed by atoms with Crippen molar-refractivity contribution in [2.24, 2.45) is 0 Å². The van der Waals surface area contributed by atoms with Gasteiger partial charge < -0.3 is 70.2 Å². The van der Waals surface area contributed by atoms with Crippen molar-refractivity contribution in [3.63, 3.8) is 0 Å². The van der Waals surface area contributed by atoms with Gasteiger partial charge in [0.1, 0.15) is 28.6 Å². The van der Waals surface area contributed by atoms with Crippen LogP contribution in [0.25, 0.3) is 0 Å². The van der Waals surface area contributed by atoms with Gasteiger partial charge in [-0.3, -0.25) is 24.5 Å². The SMILES string of the molecule is COC(=O)CCCCCCCCCCC(=O)NC(COCCC(=O)NCCCNC(=O)OC(C)(C)C)(COCCC(=O)NCCCNC(=O)OC(C)(C)C)COCCC(O)NCCCNC(=O)OC(C)(C)C. The first kappa shape index (κ1) is 67.5. The van der Waals surface area contributed by atoms with Crippen LogP contribution in [0.5, 0.6) is 0 Å². The molecule has 72 heavy (non-hydrogen) atoms. The number of alkyl carbamates (subject to hydrolysis) is 3. The highest BCUT2D eigenvalue weighted by atomic mass is 16.6. The number of nitrogens with one attached hydrogen (secondary N) is 7. The molecular formula is C50H95N7O15. The van der Waals surface area contributed by atoms with E-state index in [9.17, 15) is 38.7 Å². The van der Waals surface area contributed by atoms with Gasteiger partial charge in [0.25, 0.3) is 0 Å². The van der Waals surface area contributed by atoms with Crippen LogP contribution in [0.1, 0.15) is 165 Å². The maximum atomic E-state index is 13.6. The van der Waals surface area contributed by atoms with Crippen molar-refractivity contribution in [2.45, 2.75) is 194 Å². The normalized spacial score (nSPS) is 12.3. The molecule has 0 bridgehead atoms. The lowest BCUT2D eigenvalue weighted by molar-refractivity contribution is -0.140. The van der Waals surface area contributed by atoms with Gasteiger partial charge in [0.15, 0.2) is 0 Å². The Morgan fingerprint density at radius 1 is 0.431 bits per heavy atom. The average molecular weight is 1030 g/mol. The van der Waals surface area contributed by atoms with E-state index in [1.807, 2.05) is 0 Å². The second-order valence-corrected chi connectivity index (χ2v) is 20.7. The van der Waals surface area contributed by atoms with Crippen LogP contribution in [-0.4, -0.2) is 162 Å². The second kappa shape index (κ2) is 39.0. The predicted octanol–water partition coefficient (Wildman–Crippen LogP) is 5.02. The average Bonchev–Trinajstić information content (AvgIpc) is 3.26. The van der Waals surface area contributed by atoms with Crippen LogP contribution >= 0.6 is 0 Å². The minimum absolute atomic E-state index is 0.00108. The smallest absolute Gasteiger partial charge is 0.407 e. The van der Waals surface area contributed by atoms with Gasteiger partial charge in [0, 0.05) is 64.8 Å². The van der Waals surface area contributed by atoms with Gasteiger partial charge in [0.05, 0.1) is 46.8 Å². The molecule has 0 aliphatic carbocycles. The number of esters is 1. The van der Waals surface area contributed by atoms with E-state index in [1.165, 1.54) is 7.11 Å². The van der Waals surface area contributed by atoms with Crippen LogP contribution in [0.3, 0.4) is 0 Å². The van der Waals surface area contributed by atoms with E-state index in [4.69, 9.17) is 33.2 Å². The van der Waals surface area contributed by atoms with E-state index in [0.717, 1.165) is 44.9 Å². The van der Waals surface area contributed by atoms with Gasteiger partial charge in [0.2, 0.25) is 17.7 Å². The summed E-state index contributed by atoms with van der Waals surface area (Å²) in [6, 6.07) is 0. The summed E-state index contributed by atoms with van der Waals surface area (Å²) in [5, 5.41) is 30.3. The van der Waals surface area contributed by atoms with Crippen molar-refractivity contribution in [2.75, 3.05) is 86.0 Å². The molecule has 6 amide bonds. The van der Waals surface area contributed by atoms with Crippen molar-refractivity contribution >= 4 is 42.0 Å². The molecule has 0 spiro atoms. The molecule has 22 nitrogen and oxygen atoms in total. The molecule has 8 N–H and O–H groups in total. The minimum atomic E-state index is -1.25. The highest BCUT2D eigenvalue weighted by Gasteiger charge is 2.34. The van der Waals surface area contributed by atoms with Crippen LogP contribution in [0.15, 0.2) is 0 Å². The van der Waals surface area contributed by atoms with E-state index < -0.39 is 46.8 Å². The molecular weight excluding hydrogens is 939 g/mol. The molecule has 1 atom stereocenters. The summed E-state index contributed by atoms with van der Waals surface area (Å²) in [6.07, 6.45) is 7.06. The quantitative estimate of drug-likeness (QED) is 0.0173. The number of aliphatic hydroxyl groups excluding tert-OH is 1. The lowest BCUT2D eigenvalue weighted by Crippen LogP contribution is -2.58. The summed E-state index contributed by atoms with van der Waals surface area (Å²) in [7, 11) is 1.39. The van der Waals surface area contributed by atoms with Gasteiger partial charge in [-0.1, -0.05) is 38.5 Å². The third-order valence-corrected chi connectivity index (χ3v) is 9.87. The Bertz CT molecular complexity index is 1480. The number of unbranched alkanes of at least 4 members (excludes halogenated alkanes) is 7. The number of hydrogen-bond acceptors (Lipinski definition) is 16. The lowest BCUT2D eigenvalue weighted by Gasteiger charge is -2.34. The molecule has 0 saturated carbocycles. The minimum Gasteiger partial charge on any atom is -0.469 e. The van der Waals surface area contributed by atoms with Gasteiger partial charge in [-0.2, -0.15) is 0 Å². The summed E-state index contributed by atoms with van der Waals surface area (Å²) in [5.41, 5.74) is -3.11. The zero-order chi connectivity index (χ0) is 54.3. The van der Waals surface area contributed by atoms with Crippen LogP contribution in [0, 0.1) is 0 Å². The maximum Gasteiger partial charge on any atom is 0.407 e. The van der Waals surface area contributed by atoms with Gasteiger partial charge in [-0.15, -0.1) is 0 Å². The molecule has 0 fully saturated rings. The van der Waals surface area contributed by atoms with Gasteiger partial charge in [-0.05, 0) is 101 Å². The van der Waals surface area contributed by atoms with Crippen molar-refractivity contribution < 1.29 is 71.8 Å². The highest BCUT2D eigenvalue weighted by Crippen LogP contribution is 2.15.